The summed E-state index contributed by atoms with van der Waals surface area (Å²) in [6, 6.07) is -0.640. The molecule has 370 valence electrons. The molecule has 0 aliphatic carbocycles. The van der Waals surface area contributed by atoms with Gasteiger partial charge in [0.25, 0.3) is 0 Å². The molecule has 6 nitrogen and oxygen atoms in total. The lowest BCUT2D eigenvalue weighted by Crippen LogP contribution is -2.45. The third kappa shape index (κ3) is 49.4. The van der Waals surface area contributed by atoms with E-state index < -0.39 is 12.1 Å². The monoisotopic (exact) mass is 886 g/mol. The van der Waals surface area contributed by atoms with Crippen LogP contribution in [0, 0.1) is 0 Å². The second kappa shape index (κ2) is 52.7. The van der Waals surface area contributed by atoms with Gasteiger partial charge in [0.05, 0.1) is 25.4 Å². The van der Waals surface area contributed by atoms with E-state index >= 15 is 0 Å². The topological polar surface area (TPSA) is 95.9 Å². The zero-order valence-corrected chi connectivity index (χ0v) is 42.1. The number of hydrogen-bond acceptors (Lipinski definition) is 5. The molecule has 0 aliphatic heterocycles. The number of nitrogens with one attached hydrogen (secondary N) is 1. The lowest BCUT2D eigenvalue weighted by atomic mass is 10.0. The van der Waals surface area contributed by atoms with Crippen LogP contribution in [0.4, 0.5) is 0 Å². The molecule has 0 spiro atoms. The maximum absolute atomic E-state index is 12.5. The smallest absolute Gasteiger partial charge is 0.305 e. The van der Waals surface area contributed by atoms with Gasteiger partial charge in [-0.1, -0.05) is 230 Å². The first-order valence-electron chi connectivity index (χ1n) is 27.8. The quantitative estimate of drug-likeness (QED) is 0.0321. The summed E-state index contributed by atoms with van der Waals surface area (Å²) in [6.45, 7) is 4.85. The Bertz CT molecular complexity index is 1020. The Balaban J connectivity index is 3.52. The van der Waals surface area contributed by atoms with Crippen LogP contribution in [0.5, 0.6) is 0 Å². The van der Waals surface area contributed by atoms with E-state index in [1.54, 1.807) is 6.08 Å². The van der Waals surface area contributed by atoms with Crippen molar-refractivity contribution in [2.75, 3.05) is 13.2 Å². The second-order valence-electron chi connectivity index (χ2n) is 18.9. The minimum Gasteiger partial charge on any atom is -0.466 e. The zero-order chi connectivity index (χ0) is 45.8. The Labute approximate surface area is 392 Å². The zero-order valence-electron chi connectivity index (χ0n) is 42.1. The Morgan fingerprint density at radius 1 is 0.429 bits per heavy atom. The molecule has 0 saturated carbocycles. The van der Waals surface area contributed by atoms with Gasteiger partial charge >= 0.3 is 5.97 Å². The van der Waals surface area contributed by atoms with Crippen LogP contribution in [0.3, 0.4) is 0 Å². The van der Waals surface area contributed by atoms with Gasteiger partial charge < -0.3 is 20.3 Å². The maximum atomic E-state index is 12.5. The predicted molar refractivity (Wildman–Crippen MR) is 273 cm³/mol. The maximum Gasteiger partial charge on any atom is 0.305 e. The number of aliphatic hydroxyl groups is 2. The lowest BCUT2D eigenvalue weighted by Gasteiger charge is -2.20. The molecule has 63 heavy (non-hydrogen) atoms. The summed E-state index contributed by atoms with van der Waals surface area (Å²) >= 11 is 0. The molecule has 0 aliphatic rings. The fourth-order valence-corrected chi connectivity index (χ4v) is 8.33. The molecule has 2 unspecified atom stereocenters. The molecule has 0 aromatic heterocycles. The normalized spacial score (nSPS) is 12.9. The van der Waals surface area contributed by atoms with E-state index in [1.807, 2.05) is 6.08 Å². The fraction of sp³-hybridized carbons (Fsp3) is 0.860. The molecule has 2 atom stereocenters. The van der Waals surface area contributed by atoms with Gasteiger partial charge in [0.2, 0.25) is 5.91 Å². The molecule has 0 fully saturated rings. The highest BCUT2D eigenvalue weighted by molar-refractivity contribution is 5.76. The van der Waals surface area contributed by atoms with Gasteiger partial charge in [-0.05, 0) is 83.5 Å². The van der Waals surface area contributed by atoms with Crippen molar-refractivity contribution in [3.8, 4) is 0 Å². The molecule has 1 amide bonds. The standard InChI is InChI=1S/C57H107NO5/c1-3-5-7-9-11-13-15-17-18-19-20-22-26-29-33-37-41-45-49-55(60)54(53-59)58-56(61)50-46-42-38-34-30-27-23-21-24-28-32-36-40-44-48-52-63-57(62)51-47-43-39-35-31-25-16-14-12-10-8-6-4-2/h14,16,24,28,45,49,54-55,59-60H,3-13,15,17-23,25-27,29-44,46-48,50-53H2,1-2H3,(H,58,61)/b16-14-,28-24-,49-45+. The second-order valence-corrected chi connectivity index (χ2v) is 18.9. The van der Waals surface area contributed by atoms with Crippen LogP contribution in [-0.4, -0.2) is 47.4 Å². The molecule has 0 aromatic carbocycles. The number of ether oxygens (including phenoxy) is 1. The number of carbonyl (C=O) groups excluding carboxylic acids is 2. The Morgan fingerprint density at radius 3 is 1.14 bits per heavy atom. The number of allylic oxidation sites excluding steroid dienone is 5. The van der Waals surface area contributed by atoms with E-state index in [9.17, 15) is 19.8 Å². The van der Waals surface area contributed by atoms with Crippen molar-refractivity contribution < 1.29 is 24.5 Å². The van der Waals surface area contributed by atoms with E-state index in [2.05, 4.69) is 43.5 Å². The van der Waals surface area contributed by atoms with Gasteiger partial charge in [0, 0.05) is 12.8 Å². The highest BCUT2D eigenvalue weighted by Gasteiger charge is 2.18. The molecule has 0 radical (unpaired) electrons. The molecular weight excluding hydrogens is 779 g/mol. The van der Waals surface area contributed by atoms with E-state index in [-0.39, 0.29) is 18.5 Å². The van der Waals surface area contributed by atoms with Gasteiger partial charge in [-0.2, -0.15) is 0 Å². The van der Waals surface area contributed by atoms with Crippen molar-refractivity contribution in [3.63, 3.8) is 0 Å². The summed E-state index contributed by atoms with van der Waals surface area (Å²) in [5, 5.41) is 23.1. The van der Waals surface area contributed by atoms with Gasteiger partial charge in [-0.3, -0.25) is 9.59 Å². The summed E-state index contributed by atoms with van der Waals surface area (Å²) in [5.41, 5.74) is 0. The molecule has 0 bridgehead atoms. The van der Waals surface area contributed by atoms with Crippen molar-refractivity contribution in [3.05, 3.63) is 36.5 Å². The van der Waals surface area contributed by atoms with Crippen LogP contribution in [-0.2, 0) is 14.3 Å². The summed E-state index contributed by atoms with van der Waals surface area (Å²) in [5.74, 6) is -0.103. The first kappa shape index (κ1) is 61.1. The van der Waals surface area contributed by atoms with Crippen LogP contribution >= 0.6 is 0 Å². The summed E-state index contributed by atoms with van der Waals surface area (Å²) in [6.07, 6.45) is 64.4. The minimum absolute atomic E-state index is 0.0207. The first-order valence-corrected chi connectivity index (χ1v) is 27.8. The molecule has 0 saturated heterocycles. The van der Waals surface area contributed by atoms with Crippen molar-refractivity contribution in [2.45, 2.75) is 302 Å². The number of aliphatic hydroxyl groups excluding tert-OH is 2. The minimum atomic E-state index is -0.855. The SMILES string of the molecule is CCCCCC/C=C\CCCCCCCC(=O)OCCCCCC/C=C\CCCCCCCCCC(=O)NC(CO)C(O)/C=C/CCCCCCCCCCCCCCCCCC. The van der Waals surface area contributed by atoms with Gasteiger partial charge in [-0.15, -0.1) is 0 Å². The van der Waals surface area contributed by atoms with Crippen LogP contribution < -0.4 is 5.32 Å². The molecule has 6 heteroatoms. The van der Waals surface area contributed by atoms with Crippen LogP contribution in [0.15, 0.2) is 36.5 Å². The number of rotatable bonds is 51. The van der Waals surface area contributed by atoms with Crippen LogP contribution in [0.2, 0.25) is 0 Å². The molecular formula is C57H107NO5. The Hall–Kier alpha value is -1.92. The average Bonchev–Trinajstić information content (AvgIpc) is 3.28. The van der Waals surface area contributed by atoms with Crippen molar-refractivity contribution in [1.82, 2.24) is 5.32 Å². The largest absolute Gasteiger partial charge is 0.466 e. The molecule has 0 aromatic rings. The summed E-state index contributed by atoms with van der Waals surface area (Å²) in [4.78, 5) is 24.5. The highest BCUT2D eigenvalue weighted by atomic mass is 16.5. The third-order valence-electron chi connectivity index (χ3n) is 12.6. The number of unbranched alkanes of at least 4 members (excludes halogenated alkanes) is 36. The lowest BCUT2D eigenvalue weighted by molar-refractivity contribution is -0.143. The fourth-order valence-electron chi connectivity index (χ4n) is 8.33. The third-order valence-corrected chi connectivity index (χ3v) is 12.6. The first-order chi connectivity index (χ1) is 31.0. The van der Waals surface area contributed by atoms with E-state index in [1.165, 1.54) is 193 Å². The van der Waals surface area contributed by atoms with E-state index in [0.717, 1.165) is 70.6 Å². The number of carbonyl (C=O) groups is 2. The number of esters is 1. The van der Waals surface area contributed by atoms with Crippen molar-refractivity contribution in [1.29, 1.82) is 0 Å². The Morgan fingerprint density at radius 2 is 0.746 bits per heavy atom. The van der Waals surface area contributed by atoms with Gasteiger partial charge in [0.1, 0.15) is 0 Å². The molecule has 0 rings (SSSR count). The van der Waals surface area contributed by atoms with Crippen LogP contribution in [0.1, 0.15) is 290 Å². The molecule has 3 N–H and O–H groups in total. The van der Waals surface area contributed by atoms with E-state index in [4.69, 9.17) is 4.74 Å². The van der Waals surface area contributed by atoms with E-state index in [0.29, 0.717) is 19.4 Å². The van der Waals surface area contributed by atoms with Gasteiger partial charge in [0.15, 0.2) is 0 Å². The van der Waals surface area contributed by atoms with Crippen molar-refractivity contribution in [2.24, 2.45) is 0 Å². The highest BCUT2D eigenvalue weighted by Crippen LogP contribution is 2.16. The van der Waals surface area contributed by atoms with Crippen LogP contribution in [0.25, 0.3) is 0 Å². The predicted octanol–water partition coefficient (Wildman–Crippen LogP) is 16.9. The Kier molecular flexibility index (Phi) is 51.1. The number of hydrogen-bond donors (Lipinski definition) is 3. The van der Waals surface area contributed by atoms with Crippen molar-refractivity contribution >= 4 is 11.9 Å². The molecule has 0 heterocycles. The number of amides is 1. The summed E-state index contributed by atoms with van der Waals surface area (Å²) < 4.78 is 5.44. The van der Waals surface area contributed by atoms with Gasteiger partial charge in [-0.25, -0.2) is 0 Å². The average molecular weight is 886 g/mol. The summed E-state index contributed by atoms with van der Waals surface area (Å²) in [7, 11) is 0.